The molecular formula is C21H32N2O3. The van der Waals surface area contributed by atoms with Crippen molar-refractivity contribution in [1.29, 1.82) is 0 Å². The fourth-order valence-corrected chi connectivity index (χ4v) is 3.42. The number of hydrogen-bond acceptors (Lipinski definition) is 3. The van der Waals surface area contributed by atoms with Gasteiger partial charge >= 0.3 is 0 Å². The van der Waals surface area contributed by atoms with Crippen LogP contribution in [0.3, 0.4) is 0 Å². The molecule has 2 amide bonds. The van der Waals surface area contributed by atoms with Gasteiger partial charge in [-0.15, -0.1) is 0 Å². The Labute approximate surface area is 156 Å². The molecule has 2 rings (SSSR count). The number of carbonyl (C=O) groups excluding carboxylic acids is 2. The van der Waals surface area contributed by atoms with E-state index in [1.807, 2.05) is 32.0 Å². The van der Waals surface area contributed by atoms with Gasteiger partial charge in [0.05, 0.1) is 7.11 Å². The predicted octanol–water partition coefficient (Wildman–Crippen LogP) is 3.99. The molecule has 1 aromatic carbocycles. The molecule has 0 aliphatic heterocycles. The van der Waals surface area contributed by atoms with E-state index in [0.717, 1.165) is 32.1 Å². The lowest BCUT2D eigenvalue weighted by molar-refractivity contribution is -0.131. The summed E-state index contributed by atoms with van der Waals surface area (Å²) in [5.74, 6) is 1.31. The van der Waals surface area contributed by atoms with E-state index in [4.69, 9.17) is 4.74 Å². The quantitative estimate of drug-likeness (QED) is 0.772. The highest BCUT2D eigenvalue weighted by molar-refractivity contribution is 5.97. The van der Waals surface area contributed by atoms with Crippen LogP contribution < -0.4 is 15.4 Å². The zero-order chi connectivity index (χ0) is 19.1. The number of benzene rings is 1. The number of nitrogens with one attached hydrogen (secondary N) is 2. The van der Waals surface area contributed by atoms with Gasteiger partial charge < -0.3 is 15.4 Å². The van der Waals surface area contributed by atoms with E-state index in [1.165, 1.54) is 0 Å². The zero-order valence-corrected chi connectivity index (χ0v) is 16.4. The van der Waals surface area contributed by atoms with Gasteiger partial charge in [-0.05, 0) is 49.7 Å². The van der Waals surface area contributed by atoms with Gasteiger partial charge in [-0.1, -0.05) is 33.3 Å². The highest BCUT2D eigenvalue weighted by Crippen LogP contribution is 2.28. The lowest BCUT2D eigenvalue weighted by Crippen LogP contribution is -2.49. The summed E-state index contributed by atoms with van der Waals surface area (Å²) in [7, 11) is 1.59. The number of carbonyl (C=O) groups is 2. The molecule has 0 unspecified atom stereocenters. The summed E-state index contributed by atoms with van der Waals surface area (Å²) in [5.41, 5.74) is 0.670. The topological polar surface area (TPSA) is 67.4 Å². The van der Waals surface area contributed by atoms with Crippen LogP contribution in [0.2, 0.25) is 0 Å². The smallest absolute Gasteiger partial charge is 0.247 e. The molecule has 0 bridgehead atoms. The SMILES string of the molecule is CC[C@@H](C)[C@@H](NC(=O)C1CCC(C)CC1)C(=O)Nc1cccc(OC)c1. The molecule has 1 fully saturated rings. The second-order valence-corrected chi connectivity index (χ2v) is 7.55. The lowest BCUT2D eigenvalue weighted by atomic mass is 9.82. The van der Waals surface area contributed by atoms with E-state index < -0.39 is 6.04 Å². The van der Waals surface area contributed by atoms with Gasteiger partial charge in [-0.2, -0.15) is 0 Å². The third-order valence-electron chi connectivity index (χ3n) is 5.52. The van der Waals surface area contributed by atoms with Crippen LogP contribution in [0.15, 0.2) is 24.3 Å². The highest BCUT2D eigenvalue weighted by Gasteiger charge is 2.30. The first-order chi connectivity index (χ1) is 12.4. The van der Waals surface area contributed by atoms with Gasteiger partial charge in [-0.3, -0.25) is 9.59 Å². The first-order valence-electron chi connectivity index (χ1n) is 9.69. The molecule has 0 saturated heterocycles. The van der Waals surface area contributed by atoms with E-state index in [9.17, 15) is 9.59 Å². The van der Waals surface area contributed by atoms with Crippen molar-refractivity contribution in [2.24, 2.45) is 17.8 Å². The standard InChI is InChI=1S/C21H32N2O3/c1-5-15(3)19(23-20(24)16-11-9-14(2)10-12-16)21(25)22-17-7-6-8-18(13-17)26-4/h6-8,13-16,19H,5,9-12H2,1-4H3,(H,22,25)(H,23,24)/t14?,15-,16?,19-/m1/s1. The molecule has 144 valence electrons. The van der Waals surface area contributed by atoms with Crippen molar-refractivity contribution in [3.8, 4) is 5.75 Å². The fraction of sp³-hybridized carbons (Fsp3) is 0.619. The average Bonchev–Trinajstić information content (AvgIpc) is 2.65. The maximum atomic E-state index is 12.8. The largest absolute Gasteiger partial charge is 0.497 e. The van der Waals surface area contributed by atoms with Gasteiger partial charge in [-0.25, -0.2) is 0 Å². The van der Waals surface area contributed by atoms with Crippen molar-refractivity contribution in [1.82, 2.24) is 5.32 Å². The number of amides is 2. The predicted molar refractivity (Wildman–Crippen MR) is 104 cm³/mol. The van der Waals surface area contributed by atoms with Crippen molar-refractivity contribution in [3.05, 3.63) is 24.3 Å². The van der Waals surface area contributed by atoms with E-state index in [-0.39, 0.29) is 23.7 Å². The Bertz CT molecular complexity index is 609. The fourth-order valence-electron chi connectivity index (χ4n) is 3.42. The summed E-state index contributed by atoms with van der Waals surface area (Å²) < 4.78 is 5.20. The molecule has 5 heteroatoms. The van der Waals surface area contributed by atoms with E-state index in [1.54, 1.807) is 13.2 Å². The summed E-state index contributed by atoms with van der Waals surface area (Å²) >= 11 is 0. The molecule has 0 aromatic heterocycles. The Hall–Kier alpha value is -2.04. The molecule has 2 N–H and O–H groups in total. The molecule has 0 spiro atoms. The van der Waals surface area contributed by atoms with Gasteiger partial charge in [0, 0.05) is 17.7 Å². The number of ether oxygens (including phenoxy) is 1. The van der Waals surface area contributed by atoms with Gasteiger partial charge in [0.2, 0.25) is 11.8 Å². The van der Waals surface area contributed by atoms with Crippen molar-refractivity contribution < 1.29 is 14.3 Å². The van der Waals surface area contributed by atoms with Crippen molar-refractivity contribution in [2.45, 2.75) is 58.9 Å². The summed E-state index contributed by atoms with van der Waals surface area (Å²) in [6.45, 7) is 6.27. The summed E-state index contributed by atoms with van der Waals surface area (Å²) in [4.78, 5) is 25.5. The van der Waals surface area contributed by atoms with Crippen molar-refractivity contribution >= 4 is 17.5 Å². The Morgan fingerprint density at radius 2 is 1.92 bits per heavy atom. The maximum absolute atomic E-state index is 12.8. The number of anilines is 1. The third kappa shape index (κ3) is 5.48. The number of hydrogen-bond donors (Lipinski definition) is 2. The monoisotopic (exact) mass is 360 g/mol. The zero-order valence-electron chi connectivity index (χ0n) is 16.4. The van der Waals surface area contributed by atoms with Gasteiger partial charge in [0.25, 0.3) is 0 Å². The second-order valence-electron chi connectivity index (χ2n) is 7.55. The number of methoxy groups -OCH3 is 1. The van der Waals surface area contributed by atoms with E-state index >= 15 is 0 Å². The summed E-state index contributed by atoms with van der Waals surface area (Å²) in [6.07, 6.45) is 4.82. The Kier molecular flexibility index (Phi) is 7.49. The lowest BCUT2D eigenvalue weighted by Gasteiger charge is -2.29. The first-order valence-corrected chi connectivity index (χ1v) is 9.69. The molecule has 2 atom stereocenters. The van der Waals surface area contributed by atoms with Crippen molar-refractivity contribution in [3.63, 3.8) is 0 Å². The Morgan fingerprint density at radius 1 is 1.23 bits per heavy atom. The molecule has 5 nitrogen and oxygen atoms in total. The minimum Gasteiger partial charge on any atom is -0.497 e. The van der Waals surface area contributed by atoms with Crippen LogP contribution in [0, 0.1) is 17.8 Å². The van der Waals surface area contributed by atoms with Crippen LogP contribution in [-0.4, -0.2) is 25.0 Å². The Morgan fingerprint density at radius 3 is 2.54 bits per heavy atom. The van der Waals surface area contributed by atoms with Gasteiger partial charge in [0.1, 0.15) is 11.8 Å². The third-order valence-corrected chi connectivity index (χ3v) is 5.52. The average molecular weight is 360 g/mol. The maximum Gasteiger partial charge on any atom is 0.247 e. The molecule has 1 aromatic rings. The normalized spacial score (nSPS) is 22.2. The minimum atomic E-state index is -0.530. The van der Waals surface area contributed by atoms with Crippen LogP contribution >= 0.6 is 0 Å². The van der Waals surface area contributed by atoms with Crippen LogP contribution in [0.5, 0.6) is 5.75 Å². The molecule has 1 saturated carbocycles. The molecule has 26 heavy (non-hydrogen) atoms. The molecule has 0 heterocycles. The summed E-state index contributed by atoms with van der Waals surface area (Å²) in [6, 6.07) is 6.72. The van der Waals surface area contributed by atoms with Crippen LogP contribution in [-0.2, 0) is 9.59 Å². The van der Waals surface area contributed by atoms with Crippen LogP contribution in [0.4, 0.5) is 5.69 Å². The number of rotatable bonds is 7. The second kappa shape index (κ2) is 9.60. The molecular weight excluding hydrogens is 328 g/mol. The molecule has 1 aliphatic carbocycles. The van der Waals surface area contributed by atoms with Crippen molar-refractivity contribution in [2.75, 3.05) is 12.4 Å². The van der Waals surface area contributed by atoms with E-state index in [0.29, 0.717) is 17.4 Å². The van der Waals surface area contributed by atoms with Gasteiger partial charge in [0.15, 0.2) is 0 Å². The van der Waals surface area contributed by atoms with Crippen LogP contribution in [0.1, 0.15) is 52.9 Å². The highest BCUT2D eigenvalue weighted by atomic mass is 16.5. The Balaban J connectivity index is 2.03. The first kappa shape index (κ1) is 20.3. The molecule has 1 aliphatic rings. The van der Waals surface area contributed by atoms with E-state index in [2.05, 4.69) is 17.6 Å². The minimum absolute atomic E-state index is 0.0167. The summed E-state index contributed by atoms with van der Waals surface area (Å²) in [5, 5.41) is 5.93. The van der Waals surface area contributed by atoms with Crippen LogP contribution in [0.25, 0.3) is 0 Å². The molecule has 0 radical (unpaired) electrons.